The van der Waals surface area contributed by atoms with Crippen molar-refractivity contribution in [2.24, 2.45) is 4.99 Å². The van der Waals surface area contributed by atoms with E-state index in [0.29, 0.717) is 57.7 Å². The summed E-state index contributed by atoms with van der Waals surface area (Å²) in [6, 6.07) is 14.2. The molecule has 9 nitrogen and oxygen atoms in total. The van der Waals surface area contributed by atoms with Gasteiger partial charge in [0.15, 0.2) is 0 Å². The minimum atomic E-state index is -0.404. The molecule has 1 aliphatic rings. The number of nitrogen functional groups attached to an aromatic ring is 1. The van der Waals surface area contributed by atoms with Crippen LogP contribution in [0.4, 0.5) is 11.6 Å². The van der Waals surface area contributed by atoms with Crippen molar-refractivity contribution in [3.05, 3.63) is 81.6 Å². The van der Waals surface area contributed by atoms with Gasteiger partial charge in [0.25, 0.3) is 5.56 Å². The number of para-hydroxylation sites is 1. The zero-order chi connectivity index (χ0) is 24.5. The van der Waals surface area contributed by atoms with Crippen LogP contribution in [-0.4, -0.2) is 38.1 Å². The summed E-state index contributed by atoms with van der Waals surface area (Å²) in [5, 5.41) is 4.14. The van der Waals surface area contributed by atoms with Crippen LogP contribution in [0, 0.1) is 0 Å². The Bertz CT molecular complexity index is 1490. The molecule has 0 saturated carbocycles. The van der Waals surface area contributed by atoms with Gasteiger partial charge >= 0.3 is 0 Å². The van der Waals surface area contributed by atoms with E-state index in [1.807, 2.05) is 44.2 Å². The lowest BCUT2D eigenvalue weighted by Crippen LogP contribution is -2.29. The molecule has 2 aromatic carbocycles. The Balaban J connectivity index is 1.69. The van der Waals surface area contributed by atoms with E-state index in [1.165, 1.54) is 6.33 Å². The predicted octanol–water partition coefficient (Wildman–Crippen LogP) is 4.14. The van der Waals surface area contributed by atoms with Crippen molar-refractivity contribution in [3.63, 3.8) is 0 Å². The predicted molar refractivity (Wildman–Crippen MR) is 137 cm³/mol. The largest absolute Gasteiger partial charge is 0.475 e. The van der Waals surface area contributed by atoms with Crippen molar-refractivity contribution in [2.45, 2.75) is 32.4 Å². The summed E-state index contributed by atoms with van der Waals surface area (Å²) in [6.07, 6.45) is 1.98. The van der Waals surface area contributed by atoms with Crippen molar-refractivity contribution < 1.29 is 4.74 Å². The first kappa shape index (κ1) is 22.8. The molecule has 1 unspecified atom stereocenters. The van der Waals surface area contributed by atoms with Crippen molar-refractivity contribution in [2.75, 3.05) is 17.7 Å². The van der Waals surface area contributed by atoms with E-state index in [0.717, 1.165) is 0 Å². The molecule has 0 aliphatic carbocycles. The summed E-state index contributed by atoms with van der Waals surface area (Å²) in [7, 11) is 0. The monoisotopic (exact) mass is 489 g/mol. The highest BCUT2D eigenvalue weighted by Crippen LogP contribution is 2.29. The molecule has 2 atom stereocenters. The standard InChI is InChI=1S/C25H24ClN7O2/c1-3-17(31-22-20(21(27)28-13-29-22)24-30-14(2)12-35-24)23-32-18-11-7-10-16(26)19(18)25(34)33(23)15-8-5-4-6-9-15/h4-11,13-14,17H,3,12H2,1-2H3,(H3,27,28,29,31)/t14-,17?/m0/s1. The number of fused-ring (bicyclic) bond motifs is 1. The lowest BCUT2D eigenvalue weighted by atomic mass is 10.1. The number of hydrogen-bond donors (Lipinski definition) is 2. The van der Waals surface area contributed by atoms with Gasteiger partial charge < -0.3 is 15.8 Å². The fourth-order valence-corrected chi connectivity index (χ4v) is 4.36. The third-order valence-electron chi connectivity index (χ3n) is 5.81. The normalized spacial score (nSPS) is 16.1. The van der Waals surface area contributed by atoms with Gasteiger partial charge in [0, 0.05) is 0 Å². The molecule has 0 bridgehead atoms. The number of nitrogens with one attached hydrogen (secondary N) is 1. The van der Waals surface area contributed by atoms with Crippen molar-refractivity contribution in [1.29, 1.82) is 0 Å². The van der Waals surface area contributed by atoms with E-state index >= 15 is 0 Å². The molecule has 1 aliphatic heterocycles. The quantitative estimate of drug-likeness (QED) is 0.417. The Morgan fingerprint density at radius 1 is 1.20 bits per heavy atom. The maximum atomic E-state index is 13.7. The highest BCUT2D eigenvalue weighted by molar-refractivity contribution is 6.35. The van der Waals surface area contributed by atoms with Crippen LogP contribution in [-0.2, 0) is 4.74 Å². The van der Waals surface area contributed by atoms with Crippen LogP contribution >= 0.6 is 11.6 Å². The summed E-state index contributed by atoms with van der Waals surface area (Å²) in [5.74, 6) is 1.62. The van der Waals surface area contributed by atoms with Gasteiger partial charge in [0.1, 0.15) is 36.0 Å². The molecule has 2 aromatic heterocycles. The number of nitrogens with two attached hydrogens (primary N) is 1. The lowest BCUT2D eigenvalue weighted by molar-refractivity contribution is 0.324. The van der Waals surface area contributed by atoms with Gasteiger partial charge in [0.05, 0.1) is 33.7 Å². The zero-order valence-corrected chi connectivity index (χ0v) is 20.0. The van der Waals surface area contributed by atoms with Crippen LogP contribution in [0.5, 0.6) is 0 Å². The molecule has 5 rings (SSSR count). The zero-order valence-electron chi connectivity index (χ0n) is 19.3. The molecule has 3 N–H and O–H groups in total. The smallest absolute Gasteiger partial charge is 0.267 e. The second-order valence-electron chi connectivity index (χ2n) is 8.26. The van der Waals surface area contributed by atoms with Gasteiger partial charge in [-0.15, -0.1) is 0 Å². The fourth-order valence-electron chi connectivity index (χ4n) is 4.11. The van der Waals surface area contributed by atoms with Crippen LogP contribution in [0.25, 0.3) is 16.6 Å². The Hall–Kier alpha value is -3.98. The topological polar surface area (TPSA) is 120 Å². The molecule has 10 heteroatoms. The Kier molecular flexibility index (Phi) is 6.08. The molecule has 0 amide bonds. The second kappa shape index (κ2) is 9.34. The number of aliphatic imine (C=N–C) groups is 1. The van der Waals surface area contributed by atoms with Crippen LogP contribution in [0.3, 0.4) is 0 Å². The van der Waals surface area contributed by atoms with Crippen LogP contribution in [0.15, 0.2) is 64.6 Å². The van der Waals surface area contributed by atoms with E-state index in [9.17, 15) is 4.79 Å². The summed E-state index contributed by atoms with van der Waals surface area (Å²) in [6.45, 7) is 4.41. The molecule has 0 radical (unpaired) electrons. The van der Waals surface area contributed by atoms with Gasteiger partial charge in [-0.3, -0.25) is 9.36 Å². The molecule has 178 valence electrons. The van der Waals surface area contributed by atoms with E-state index < -0.39 is 6.04 Å². The van der Waals surface area contributed by atoms with Gasteiger partial charge in [0.2, 0.25) is 5.90 Å². The summed E-state index contributed by atoms with van der Waals surface area (Å²) in [5.41, 5.74) is 7.65. The molecular formula is C25H24ClN7O2. The molecule has 35 heavy (non-hydrogen) atoms. The number of anilines is 2. The molecule has 0 spiro atoms. The Morgan fingerprint density at radius 3 is 2.71 bits per heavy atom. The first-order valence-electron chi connectivity index (χ1n) is 11.3. The molecular weight excluding hydrogens is 466 g/mol. The van der Waals surface area contributed by atoms with Crippen LogP contribution in [0.2, 0.25) is 5.02 Å². The number of nitrogens with zero attached hydrogens (tertiary/aromatic N) is 5. The van der Waals surface area contributed by atoms with Gasteiger partial charge in [-0.25, -0.2) is 19.9 Å². The molecule has 3 heterocycles. The summed E-state index contributed by atoms with van der Waals surface area (Å²) < 4.78 is 7.33. The van der Waals surface area contributed by atoms with E-state index in [-0.39, 0.29) is 17.4 Å². The first-order chi connectivity index (χ1) is 17.0. The number of benzene rings is 2. The highest BCUT2D eigenvalue weighted by atomic mass is 35.5. The summed E-state index contributed by atoms with van der Waals surface area (Å²) >= 11 is 6.41. The number of ether oxygens (including phenoxy) is 1. The second-order valence-corrected chi connectivity index (χ2v) is 8.67. The third kappa shape index (κ3) is 4.19. The fraction of sp³-hybridized carbons (Fsp3) is 0.240. The van der Waals surface area contributed by atoms with Gasteiger partial charge in [-0.1, -0.05) is 42.8 Å². The van der Waals surface area contributed by atoms with Crippen LogP contribution < -0.4 is 16.6 Å². The molecule has 0 saturated heterocycles. The summed E-state index contributed by atoms with van der Waals surface area (Å²) in [4.78, 5) is 31.7. The number of hydrogen-bond acceptors (Lipinski definition) is 8. The van der Waals surface area contributed by atoms with Crippen LogP contribution in [0.1, 0.15) is 37.7 Å². The van der Waals surface area contributed by atoms with E-state index in [1.54, 1.807) is 22.8 Å². The lowest BCUT2D eigenvalue weighted by Gasteiger charge is -2.23. The highest BCUT2D eigenvalue weighted by Gasteiger charge is 2.27. The average molecular weight is 490 g/mol. The van der Waals surface area contributed by atoms with Gasteiger partial charge in [-0.05, 0) is 37.6 Å². The minimum Gasteiger partial charge on any atom is -0.475 e. The Labute approximate surface area is 206 Å². The van der Waals surface area contributed by atoms with Crippen molar-refractivity contribution in [1.82, 2.24) is 19.5 Å². The molecule has 4 aromatic rings. The van der Waals surface area contributed by atoms with Crippen molar-refractivity contribution >= 4 is 40.0 Å². The maximum Gasteiger partial charge on any atom is 0.267 e. The molecule has 0 fully saturated rings. The number of aromatic nitrogens is 4. The van der Waals surface area contributed by atoms with E-state index in [2.05, 4.69) is 20.3 Å². The van der Waals surface area contributed by atoms with E-state index in [4.69, 9.17) is 27.1 Å². The minimum absolute atomic E-state index is 0.00888. The number of halogens is 1. The van der Waals surface area contributed by atoms with Gasteiger partial charge in [-0.2, -0.15) is 0 Å². The average Bonchev–Trinajstić information content (AvgIpc) is 3.28. The third-order valence-corrected chi connectivity index (χ3v) is 6.12. The SMILES string of the molecule is CCC(Nc1ncnc(N)c1C1=N[C@@H](C)CO1)c1nc2cccc(Cl)c2c(=O)n1-c1ccccc1. The Morgan fingerprint density at radius 2 is 2.00 bits per heavy atom. The number of rotatable bonds is 6. The maximum absolute atomic E-state index is 13.7. The van der Waals surface area contributed by atoms with Crippen molar-refractivity contribution in [3.8, 4) is 5.69 Å². The first-order valence-corrected chi connectivity index (χ1v) is 11.7.